The van der Waals surface area contributed by atoms with Crippen molar-refractivity contribution in [2.75, 3.05) is 26.3 Å². The normalized spacial score (nSPS) is 26.6. The molecule has 3 aliphatic heterocycles. The van der Waals surface area contributed by atoms with Gasteiger partial charge in [-0.05, 0) is 30.5 Å². The topological polar surface area (TPSA) is 88.2 Å². The second-order valence-electron chi connectivity index (χ2n) is 9.13. The van der Waals surface area contributed by atoms with Crippen LogP contribution in [0.15, 0.2) is 18.2 Å². The molecule has 5 rings (SSSR count). The third kappa shape index (κ3) is 3.76. The molecule has 1 N–H and O–H groups in total. The van der Waals surface area contributed by atoms with Crippen LogP contribution in [0.1, 0.15) is 37.7 Å². The van der Waals surface area contributed by atoms with Crippen LogP contribution in [0, 0.1) is 11.7 Å². The molecule has 1 saturated carbocycles. The molecule has 8 nitrogen and oxygen atoms in total. The van der Waals surface area contributed by atoms with Crippen LogP contribution in [0.25, 0.3) is 0 Å². The molecular formula is C22H25ClFN3O5. The van der Waals surface area contributed by atoms with Crippen LogP contribution in [-0.4, -0.2) is 65.3 Å². The van der Waals surface area contributed by atoms with Crippen molar-refractivity contribution in [1.82, 2.24) is 15.1 Å². The van der Waals surface area contributed by atoms with Gasteiger partial charge in [0.2, 0.25) is 5.91 Å². The standard InChI is InChI=1S/C22H25ClFN3O5/c23-16-9-14(1-2-17(16)24)11-26-12-15(10-18(26)28)13-27-19(29)21(25-20(27)30)3-5-22(6-4-21)31-7-8-32-22/h1-2,9,15H,3-8,10-13H2,(H,25,30). The quantitative estimate of drug-likeness (QED) is 0.690. The Bertz CT molecular complexity index is 957. The highest BCUT2D eigenvalue weighted by Gasteiger charge is 2.56. The third-order valence-corrected chi connectivity index (χ3v) is 7.31. The number of halogens is 2. The molecule has 172 valence electrons. The molecule has 0 aromatic heterocycles. The SMILES string of the molecule is O=C1CC(CN2C(=O)NC3(CCC4(CC3)OCCO4)C2=O)CN1Cc1ccc(F)c(Cl)c1. The molecule has 4 fully saturated rings. The van der Waals surface area contributed by atoms with E-state index in [2.05, 4.69) is 5.32 Å². The van der Waals surface area contributed by atoms with E-state index in [1.54, 1.807) is 11.0 Å². The van der Waals surface area contributed by atoms with Crippen LogP contribution < -0.4 is 5.32 Å². The first-order valence-corrected chi connectivity index (χ1v) is 11.3. The molecule has 0 bridgehead atoms. The second-order valence-corrected chi connectivity index (χ2v) is 9.54. The van der Waals surface area contributed by atoms with Gasteiger partial charge in [0.25, 0.3) is 5.91 Å². The van der Waals surface area contributed by atoms with Gasteiger partial charge < -0.3 is 19.7 Å². The fraction of sp³-hybridized carbons (Fsp3) is 0.591. The lowest BCUT2D eigenvalue weighted by atomic mass is 9.78. The van der Waals surface area contributed by atoms with Gasteiger partial charge >= 0.3 is 6.03 Å². The van der Waals surface area contributed by atoms with Gasteiger partial charge in [-0.2, -0.15) is 0 Å². The van der Waals surface area contributed by atoms with Gasteiger partial charge in [-0.3, -0.25) is 14.5 Å². The van der Waals surface area contributed by atoms with Crippen molar-refractivity contribution in [2.24, 2.45) is 5.92 Å². The Morgan fingerprint density at radius 1 is 1.12 bits per heavy atom. The number of hydrogen-bond acceptors (Lipinski definition) is 5. The Balaban J connectivity index is 1.21. The summed E-state index contributed by atoms with van der Waals surface area (Å²) in [5.41, 5.74) is -0.183. The summed E-state index contributed by atoms with van der Waals surface area (Å²) < 4.78 is 24.9. The number of hydrogen-bond donors (Lipinski definition) is 1. The first kappa shape index (κ1) is 21.6. The molecule has 1 aliphatic carbocycles. The number of nitrogens with one attached hydrogen (secondary N) is 1. The van der Waals surface area contributed by atoms with E-state index in [4.69, 9.17) is 21.1 Å². The molecule has 4 aliphatic rings. The van der Waals surface area contributed by atoms with Crippen molar-refractivity contribution in [3.8, 4) is 0 Å². The predicted molar refractivity (Wildman–Crippen MR) is 111 cm³/mol. The number of nitrogens with zero attached hydrogens (tertiary/aromatic N) is 2. The lowest BCUT2D eigenvalue weighted by Gasteiger charge is -2.39. The van der Waals surface area contributed by atoms with Crippen LogP contribution in [0.5, 0.6) is 0 Å². The third-order valence-electron chi connectivity index (χ3n) is 7.02. The van der Waals surface area contributed by atoms with Crippen molar-refractivity contribution in [1.29, 1.82) is 0 Å². The number of benzene rings is 1. The zero-order valence-electron chi connectivity index (χ0n) is 17.6. The lowest BCUT2D eigenvalue weighted by Crippen LogP contribution is -2.53. The number of ether oxygens (including phenoxy) is 2. The monoisotopic (exact) mass is 465 g/mol. The Kier molecular flexibility index (Phi) is 5.38. The van der Waals surface area contributed by atoms with Crippen LogP contribution in [0.2, 0.25) is 5.02 Å². The first-order valence-electron chi connectivity index (χ1n) is 10.9. The maximum absolute atomic E-state index is 13.4. The number of imide groups is 1. The fourth-order valence-corrected chi connectivity index (χ4v) is 5.47. The second kappa shape index (κ2) is 7.97. The summed E-state index contributed by atoms with van der Waals surface area (Å²) in [5, 5.41) is 2.91. The van der Waals surface area contributed by atoms with E-state index >= 15 is 0 Å². The largest absolute Gasteiger partial charge is 0.348 e. The zero-order valence-corrected chi connectivity index (χ0v) is 18.3. The average molecular weight is 466 g/mol. The van der Waals surface area contributed by atoms with Crippen LogP contribution in [-0.2, 0) is 25.6 Å². The molecule has 1 atom stereocenters. The average Bonchev–Trinajstić information content (AvgIpc) is 3.42. The molecule has 2 spiro atoms. The Morgan fingerprint density at radius 2 is 1.84 bits per heavy atom. The number of carbonyl (C=O) groups excluding carboxylic acids is 3. The number of likely N-dealkylation sites (tertiary alicyclic amines) is 1. The molecule has 32 heavy (non-hydrogen) atoms. The number of amides is 4. The number of urea groups is 1. The summed E-state index contributed by atoms with van der Waals surface area (Å²) >= 11 is 5.84. The van der Waals surface area contributed by atoms with E-state index in [1.165, 1.54) is 17.0 Å². The van der Waals surface area contributed by atoms with Gasteiger partial charge in [-0.15, -0.1) is 0 Å². The fourth-order valence-electron chi connectivity index (χ4n) is 5.27. The van der Waals surface area contributed by atoms with Gasteiger partial charge in [-0.25, -0.2) is 9.18 Å². The van der Waals surface area contributed by atoms with Crippen LogP contribution in [0.3, 0.4) is 0 Å². The first-order chi connectivity index (χ1) is 15.3. The van der Waals surface area contributed by atoms with Crippen molar-refractivity contribution < 1.29 is 28.2 Å². The minimum Gasteiger partial charge on any atom is -0.348 e. The predicted octanol–water partition coefficient (Wildman–Crippen LogP) is 2.44. The molecule has 1 aromatic carbocycles. The minimum atomic E-state index is -0.912. The van der Waals surface area contributed by atoms with Gasteiger partial charge in [0.1, 0.15) is 11.4 Å². The van der Waals surface area contributed by atoms with Crippen molar-refractivity contribution in [3.05, 3.63) is 34.6 Å². The molecule has 3 saturated heterocycles. The van der Waals surface area contributed by atoms with Crippen LogP contribution in [0.4, 0.5) is 9.18 Å². The van der Waals surface area contributed by atoms with E-state index in [0.29, 0.717) is 52.0 Å². The number of carbonyl (C=O) groups is 3. The van der Waals surface area contributed by atoms with Gasteiger partial charge in [0, 0.05) is 44.8 Å². The lowest BCUT2D eigenvalue weighted by molar-refractivity contribution is -0.186. The Hall–Kier alpha value is -2.23. The molecule has 10 heteroatoms. The highest BCUT2D eigenvalue weighted by molar-refractivity contribution is 6.30. The van der Waals surface area contributed by atoms with Crippen molar-refractivity contribution in [3.63, 3.8) is 0 Å². The summed E-state index contributed by atoms with van der Waals surface area (Å²) in [6, 6.07) is 3.97. The summed E-state index contributed by atoms with van der Waals surface area (Å²) in [6.45, 7) is 2.02. The summed E-state index contributed by atoms with van der Waals surface area (Å²) in [5.74, 6) is -1.57. The highest BCUT2D eigenvalue weighted by atomic mass is 35.5. The molecular weight excluding hydrogens is 441 g/mol. The molecule has 1 unspecified atom stereocenters. The van der Waals surface area contributed by atoms with E-state index in [1.807, 2.05) is 0 Å². The smallest absolute Gasteiger partial charge is 0.325 e. The summed E-state index contributed by atoms with van der Waals surface area (Å²) in [7, 11) is 0. The van der Waals surface area contributed by atoms with E-state index in [-0.39, 0.29) is 35.7 Å². The van der Waals surface area contributed by atoms with Crippen molar-refractivity contribution in [2.45, 2.75) is 50.0 Å². The van der Waals surface area contributed by atoms with Gasteiger partial charge in [-0.1, -0.05) is 17.7 Å². The van der Waals surface area contributed by atoms with E-state index < -0.39 is 23.2 Å². The highest BCUT2D eigenvalue weighted by Crippen LogP contribution is 2.43. The van der Waals surface area contributed by atoms with Crippen molar-refractivity contribution >= 4 is 29.4 Å². The summed E-state index contributed by atoms with van der Waals surface area (Å²) in [4.78, 5) is 41.3. The molecule has 0 radical (unpaired) electrons. The van der Waals surface area contributed by atoms with Gasteiger partial charge in [0.15, 0.2) is 5.79 Å². The molecule has 3 heterocycles. The maximum atomic E-state index is 13.4. The maximum Gasteiger partial charge on any atom is 0.325 e. The minimum absolute atomic E-state index is 0.0120. The van der Waals surface area contributed by atoms with Crippen LogP contribution >= 0.6 is 11.6 Å². The Morgan fingerprint density at radius 3 is 2.53 bits per heavy atom. The Labute approximate surface area is 189 Å². The summed E-state index contributed by atoms with van der Waals surface area (Å²) in [6.07, 6.45) is 2.31. The zero-order chi connectivity index (χ0) is 22.5. The molecule has 4 amide bonds. The molecule has 1 aromatic rings. The van der Waals surface area contributed by atoms with E-state index in [0.717, 1.165) is 5.56 Å². The van der Waals surface area contributed by atoms with E-state index in [9.17, 15) is 18.8 Å². The van der Waals surface area contributed by atoms with Gasteiger partial charge in [0.05, 0.1) is 18.2 Å². The number of rotatable bonds is 4.